The Morgan fingerprint density at radius 1 is 0.818 bits per heavy atom. The largest absolute Gasteiger partial charge is 0.495 e. The first-order chi connectivity index (χ1) is 10.8. The first-order valence-corrected chi connectivity index (χ1v) is 9.21. The summed E-state index contributed by atoms with van der Waals surface area (Å²) < 4.78 is 5.27. The van der Waals surface area contributed by atoms with Crippen LogP contribution >= 0.6 is 0 Å². The summed E-state index contributed by atoms with van der Waals surface area (Å²) in [6.07, 6.45) is 16.2. The lowest BCUT2D eigenvalue weighted by molar-refractivity contribution is 0.416. The molecule has 0 saturated carbocycles. The van der Waals surface area contributed by atoms with Crippen molar-refractivity contribution in [2.24, 2.45) is 0 Å². The summed E-state index contributed by atoms with van der Waals surface area (Å²) in [4.78, 5) is 0. The number of nitrogen functional groups attached to an aromatic ring is 1. The highest BCUT2D eigenvalue weighted by Crippen LogP contribution is 2.26. The average Bonchev–Trinajstić information content (AvgIpc) is 2.54. The van der Waals surface area contributed by atoms with Gasteiger partial charge in [-0.3, -0.25) is 0 Å². The van der Waals surface area contributed by atoms with Crippen LogP contribution in [0.1, 0.15) is 83.1 Å². The van der Waals surface area contributed by atoms with Crippen LogP contribution in [0, 0.1) is 0 Å². The van der Waals surface area contributed by atoms with Crippen LogP contribution in [0.2, 0.25) is 0 Å². The molecule has 0 bridgehead atoms. The number of para-hydroxylation sites is 1. The Kier molecular flexibility index (Phi) is 10.6. The molecule has 2 nitrogen and oxygen atoms in total. The highest BCUT2D eigenvalue weighted by molar-refractivity contribution is 5.58. The Balaban J connectivity index is 2.00. The summed E-state index contributed by atoms with van der Waals surface area (Å²) >= 11 is 0. The molecule has 0 unspecified atom stereocenters. The van der Waals surface area contributed by atoms with Gasteiger partial charge in [0.15, 0.2) is 0 Å². The molecule has 126 valence electrons. The van der Waals surface area contributed by atoms with Crippen molar-refractivity contribution in [1.29, 1.82) is 0 Å². The van der Waals surface area contributed by atoms with E-state index in [1.54, 1.807) is 7.11 Å². The number of nitrogens with two attached hydrogens (primary N) is 1. The molecule has 0 spiro atoms. The molecule has 2 N–H and O–H groups in total. The number of aryl methyl sites for hydroxylation is 1. The van der Waals surface area contributed by atoms with Crippen molar-refractivity contribution in [3.05, 3.63) is 23.8 Å². The number of hydrogen-bond acceptors (Lipinski definition) is 2. The van der Waals surface area contributed by atoms with Crippen LogP contribution in [0.25, 0.3) is 0 Å². The first kappa shape index (κ1) is 18.9. The van der Waals surface area contributed by atoms with Gasteiger partial charge in [0.1, 0.15) is 5.75 Å². The Labute approximate surface area is 137 Å². The summed E-state index contributed by atoms with van der Waals surface area (Å²) in [5.74, 6) is 0.806. The number of unbranched alkanes of at least 4 members (excludes halogenated alkanes) is 10. The second-order valence-electron chi connectivity index (χ2n) is 6.32. The van der Waals surface area contributed by atoms with Crippen molar-refractivity contribution in [2.45, 2.75) is 84.0 Å². The second-order valence-corrected chi connectivity index (χ2v) is 6.32. The number of ether oxygens (including phenoxy) is 1. The Morgan fingerprint density at radius 3 is 1.91 bits per heavy atom. The molecule has 0 radical (unpaired) electrons. The number of anilines is 1. The van der Waals surface area contributed by atoms with Crippen LogP contribution in [0.3, 0.4) is 0 Å². The summed E-state index contributed by atoms with van der Waals surface area (Å²) in [6, 6.07) is 6.08. The minimum absolute atomic E-state index is 0.806. The van der Waals surface area contributed by atoms with Crippen LogP contribution < -0.4 is 10.5 Å². The van der Waals surface area contributed by atoms with Gasteiger partial charge in [-0.1, -0.05) is 83.3 Å². The van der Waals surface area contributed by atoms with E-state index in [0.717, 1.165) is 17.9 Å². The van der Waals surface area contributed by atoms with E-state index in [-0.39, 0.29) is 0 Å². The van der Waals surface area contributed by atoms with Crippen molar-refractivity contribution in [1.82, 2.24) is 0 Å². The predicted molar refractivity (Wildman–Crippen MR) is 97.6 cm³/mol. The maximum Gasteiger partial charge on any atom is 0.142 e. The summed E-state index contributed by atoms with van der Waals surface area (Å²) in [7, 11) is 1.68. The second kappa shape index (κ2) is 12.4. The number of benzene rings is 1. The molecule has 0 aliphatic rings. The molecule has 22 heavy (non-hydrogen) atoms. The van der Waals surface area contributed by atoms with Crippen molar-refractivity contribution in [2.75, 3.05) is 12.8 Å². The van der Waals surface area contributed by atoms with Crippen LogP contribution in [-0.4, -0.2) is 7.11 Å². The minimum atomic E-state index is 0.806. The van der Waals surface area contributed by atoms with E-state index in [1.807, 2.05) is 12.1 Å². The number of hydrogen-bond donors (Lipinski definition) is 1. The minimum Gasteiger partial charge on any atom is -0.495 e. The zero-order valence-corrected chi connectivity index (χ0v) is 14.7. The van der Waals surface area contributed by atoms with Gasteiger partial charge in [-0.05, 0) is 24.5 Å². The van der Waals surface area contributed by atoms with Crippen molar-refractivity contribution in [3.8, 4) is 5.75 Å². The Morgan fingerprint density at radius 2 is 1.36 bits per heavy atom. The monoisotopic (exact) mass is 305 g/mol. The van der Waals surface area contributed by atoms with E-state index in [9.17, 15) is 0 Å². The zero-order chi connectivity index (χ0) is 16.0. The summed E-state index contributed by atoms with van der Waals surface area (Å²) in [6.45, 7) is 2.28. The third-order valence-corrected chi connectivity index (χ3v) is 4.43. The van der Waals surface area contributed by atoms with Gasteiger partial charge >= 0.3 is 0 Å². The normalized spacial score (nSPS) is 10.8. The lowest BCUT2D eigenvalue weighted by atomic mass is 10.0. The van der Waals surface area contributed by atoms with Crippen molar-refractivity contribution in [3.63, 3.8) is 0 Å². The summed E-state index contributed by atoms with van der Waals surface area (Å²) in [5.41, 5.74) is 8.15. The third-order valence-electron chi connectivity index (χ3n) is 4.43. The molecule has 0 aliphatic heterocycles. The fraction of sp³-hybridized carbons (Fsp3) is 0.700. The van der Waals surface area contributed by atoms with Crippen LogP contribution in [0.4, 0.5) is 5.69 Å². The number of methoxy groups -OCH3 is 1. The van der Waals surface area contributed by atoms with Crippen molar-refractivity contribution < 1.29 is 4.74 Å². The quantitative estimate of drug-likeness (QED) is 0.351. The smallest absolute Gasteiger partial charge is 0.142 e. The molecule has 2 heteroatoms. The van der Waals surface area contributed by atoms with E-state index in [0.29, 0.717) is 0 Å². The maximum absolute atomic E-state index is 6.10. The molecule has 0 aliphatic carbocycles. The average molecular weight is 306 g/mol. The molecular formula is C20H35NO. The molecule has 0 amide bonds. The standard InChI is InChI=1S/C20H35NO/c1-3-4-5-6-7-8-9-10-11-12-13-15-18-16-14-17-19(22-2)20(18)21/h14,16-17H,3-13,15,21H2,1-2H3. The highest BCUT2D eigenvalue weighted by atomic mass is 16.5. The fourth-order valence-corrected chi connectivity index (χ4v) is 2.97. The van der Waals surface area contributed by atoms with Gasteiger partial charge in [-0.25, -0.2) is 0 Å². The van der Waals surface area contributed by atoms with Crippen LogP contribution in [0.5, 0.6) is 5.75 Å². The van der Waals surface area contributed by atoms with Gasteiger partial charge in [0, 0.05) is 0 Å². The highest BCUT2D eigenvalue weighted by Gasteiger charge is 2.04. The molecule has 0 saturated heterocycles. The molecule has 1 aromatic carbocycles. The molecule has 0 fully saturated rings. The van der Waals surface area contributed by atoms with E-state index in [2.05, 4.69) is 13.0 Å². The lowest BCUT2D eigenvalue weighted by Gasteiger charge is -2.09. The van der Waals surface area contributed by atoms with Crippen LogP contribution in [0.15, 0.2) is 18.2 Å². The number of rotatable bonds is 13. The molecule has 1 rings (SSSR count). The maximum atomic E-state index is 6.10. The van der Waals surface area contributed by atoms with Gasteiger partial charge < -0.3 is 10.5 Å². The van der Waals surface area contributed by atoms with E-state index in [1.165, 1.54) is 76.2 Å². The van der Waals surface area contributed by atoms with Gasteiger partial charge in [0.05, 0.1) is 12.8 Å². The molecule has 0 aromatic heterocycles. The lowest BCUT2D eigenvalue weighted by Crippen LogP contribution is -1.98. The zero-order valence-electron chi connectivity index (χ0n) is 14.7. The fourth-order valence-electron chi connectivity index (χ4n) is 2.97. The van der Waals surface area contributed by atoms with E-state index in [4.69, 9.17) is 10.5 Å². The van der Waals surface area contributed by atoms with E-state index < -0.39 is 0 Å². The van der Waals surface area contributed by atoms with Gasteiger partial charge in [0.2, 0.25) is 0 Å². The third kappa shape index (κ3) is 7.72. The Bertz CT molecular complexity index is 389. The molecular weight excluding hydrogens is 270 g/mol. The van der Waals surface area contributed by atoms with Crippen molar-refractivity contribution >= 4 is 5.69 Å². The molecule has 1 aromatic rings. The van der Waals surface area contributed by atoms with Crippen LogP contribution in [-0.2, 0) is 6.42 Å². The topological polar surface area (TPSA) is 35.2 Å². The van der Waals surface area contributed by atoms with Gasteiger partial charge in [-0.15, -0.1) is 0 Å². The molecule has 0 heterocycles. The Hall–Kier alpha value is -1.18. The SMILES string of the molecule is CCCCCCCCCCCCCc1cccc(OC)c1N. The van der Waals surface area contributed by atoms with Gasteiger partial charge in [0.25, 0.3) is 0 Å². The molecule has 0 atom stereocenters. The predicted octanol–water partition coefficient (Wildman–Crippen LogP) is 6.13. The first-order valence-electron chi connectivity index (χ1n) is 9.21. The summed E-state index contributed by atoms with van der Waals surface area (Å²) in [5, 5.41) is 0. The van der Waals surface area contributed by atoms with E-state index >= 15 is 0 Å². The van der Waals surface area contributed by atoms with Gasteiger partial charge in [-0.2, -0.15) is 0 Å².